The van der Waals surface area contributed by atoms with Crippen LogP contribution in [0.4, 0.5) is 4.79 Å². The SMILES string of the molecule is CCOC(=O)N1CCC(NC(=O)CCCCc2ccccc2)CC1. The van der Waals surface area contributed by atoms with Crippen LogP contribution in [0.5, 0.6) is 0 Å². The molecular weight excluding hydrogens is 304 g/mol. The van der Waals surface area contributed by atoms with E-state index >= 15 is 0 Å². The molecule has 1 fully saturated rings. The lowest BCUT2D eigenvalue weighted by Gasteiger charge is -2.31. The topological polar surface area (TPSA) is 58.6 Å². The van der Waals surface area contributed by atoms with Gasteiger partial charge in [0, 0.05) is 25.6 Å². The van der Waals surface area contributed by atoms with E-state index in [0.29, 0.717) is 26.1 Å². The minimum Gasteiger partial charge on any atom is -0.450 e. The van der Waals surface area contributed by atoms with Crippen molar-refractivity contribution in [1.29, 1.82) is 0 Å². The number of hydrogen-bond donors (Lipinski definition) is 1. The first-order valence-electron chi connectivity index (χ1n) is 8.94. The molecule has 2 rings (SSSR count). The summed E-state index contributed by atoms with van der Waals surface area (Å²) in [6.07, 6.45) is 4.88. The number of rotatable bonds is 7. The summed E-state index contributed by atoms with van der Waals surface area (Å²) in [5.41, 5.74) is 1.32. The molecule has 0 radical (unpaired) electrons. The summed E-state index contributed by atoms with van der Waals surface area (Å²) >= 11 is 0. The molecule has 0 unspecified atom stereocenters. The van der Waals surface area contributed by atoms with Gasteiger partial charge in [-0.15, -0.1) is 0 Å². The molecule has 1 aliphatic heterocycles. The van der Waals surface area contributed by atoms with Crippen molar-refractivity contribution in [3.8, 4) is 0 Å². The number of nitrogens with one attached hydrogen (secondary N) is 1. The molecule has 0 atom stereocenters. The number of carbonyl (C=O) groups is 2. The molecule has 1 heterocycles. The molecule has 0 bridgehead atoms. The molecule has 5 heteroatoms. The van der Waals surface area contributed by atoms with Crippen LogP contribution in [0.3, 0.4) is 0 Å². The Labute approximate surface area is 144 Å². The van der Waals surface area contributed by atoms with Gasteiger partial charge >= 0.3 is 6.09 Å². The Kier molecular flexibility index (Phi) is 7.59. The van der Waals surface area contributed by atoms with Crippen molar-refractivity contribution in [1.82, 2.24) is 10.2 Å². The maximum absolute atomic E-state index is 12.0. The van der Waals surface area contributed by atoms with Gasteiger partial charge in [0.1, 0.15) is 0 Å². The molecule has 0 spiro atoms. The lowest BCUT2D eigenvalue weighted by molar-refractivity contribution is -0.122. The first-order valence-corrected chi connectivity index (χ1v) is 8.94. The lowest BCUT2D eigenvalue weighted by Crippen LogP contribution is -2.46. The summed E-state index contributed by atoms with van der Waals surface area (Å²) in [6.45, 7) is 3.51. The van der Waals surface area contributed by atoms with Crippen molar-refractivity contribution in [2.45, 2.75) is 51.5 Å². The molecule has 1 N–H and O–H groups in total. The van der Waals surface area contributed by atoms with Crippen LogP contribution in [0.1, 0.15) is 44.6 Å². The molecule has 132 valence electrons. The number of hydrogen-bond acceptors (Lipinski definition) is 3. The normalized spacial score (nSPS) is 15.1. The van der Waals surface area contributed by atoms with Crippen LogP contribution in [0.15, 0.2) is 30.3 Å². The summed E-state index contributed by atoms with van der Waals surface area (Å²) in [7, 11) is 0. The van der Waals surface area contributed by atoms with E-state index in [2.05, 4.69) is 17.4 Å². The Morgan fingerprint density at radius 2 is 1.88 bits per heavy atom. The third kappa shape index (κ3) is 6.22. The lowest BCUT2D eigenvalue weighted by atomic mass is 10.0. The van der Waals surface area contributed by atoms with Gasteiger partial charge in [-0.05, 0) is 44.6 Å². The number of likely N-dealkylation sites (tertiary alicyclic amines) is 1. The van der Waals surface area contributed by atoms with Crippen molar-refractivity contribution < 1.29 is 14.3 Å². The zero-order valence-electron chi connectivity index (χ0n) is 14.5. The molecule has 1 aromatic rings. The fraction of sp³-hybridized carbons (Fsp3) is 0.579. The van der Waals surface area contributed by atoms with Crippen LogP contribution in [0.2, 0.25) is 0 Å². The number of piperidine rings is 1. The molecule has 1 aromatic carbocycles. The van der Waals surface area contributed by atoms with Gasteiger partial charge in [0.2, 0.25) is 5.91 Å². The minimum atomic E-state index is -0.247. The maximum atomic E-state index is 12.0. The van der Waals surface area contributed by atoms with Crippen LogP contribution in [-0.4, -0.2) is 42.6 Å². The summed E-state index contributed by atoms with van der Waals surface area (Å²) in [5.74, 6) is 0.123. The highest BCUT2D eigenvalue weighted by atomic mass is 16.6. The highest BCUT2D eigenvalue weighted by Crippen LogP contribution is 2.12. The van der Waals surface area contributed by atoms with E-state index in [1.165, 1.54) is 5.56 Å². The maximum Gasteiger partial charge on any atom is 0.409 e. The molecule has 24 heavy (non-hydrogen) atoms. The number of aryl methyl sites for hydroxylation is 1. The summed E-state index contributed by atoms with van der Waals surface area (Å²) in [4.78, 5) is 25.4. The smallest absolute Gasteiger partial charge is 0.409 e. The van der Waals surface area contributed by atoms with E-state index in [1.54, 1.807) is 4.90 Å². The second-order valence-corrected chi connectivity index (χ2v) is 6.22. The zero-order chi connectivity index (χ0) is 17.2. The van der Waals surface area contributed by atoms with Gasteiger partial charge in [-0.2, -0.15) is 0 Å². The highest BCUT2D eigenvalue weighted by molar-refractivity contribution is 5.76. The number of carbonyl (C=O) groups excluding carboxylic acids is 2. The first kappa shape index (κ1) is 18.3. The molecule has 5 nitrogen and oxygen atoms in total. The van der Waals surface area contributed by atoms with Crippen molar-refractivity contribution in [2.75, 3.05) is 19.7 Å². The van der Waals surface area contributed by atoms with E-state index in [1.807, 2.05) is 25.1 Å². The summed E-state index contributed by atoms with van der Waals surface area (Å²) < 4.78 is 5.00. The number of amides is 2. The standard InChI is InChI=1S/C19H28N2O3/c1-2-24-19(23)21-14-12-17(13-15-21)20-18(22)11-7-6-10-16-8-4-3-5-9-16/h3-5,8-9,17H,2,6-7,10-15H2,1H3,(H,20,22). The predicted octanol–water partition coefficient (Wildman–Crippen LogP) is 3.14. The monoisotopic (exact) mass is 332 g/mol. The van der Waals surface area contributed by atoms with E-state index in [9.17, 15) is 9.59 Å². The van der Waals surface area contributed by atoms with E-state index in [0.717, 1.165) is 32.1 Å². The Morgan fingerprint density at radius 3 is 2.54 bits per heavy atom. The minimum absolute atomic E-state index is 0.123. The highest BCUT2D eigenvalue weighted by Gasteiger charge is 2.24. The molecule has 2 amide bonds. The van der Waals surface area contributed by atoms with Crippen LogP contribution in [0.25, 0.3) is 0 Å². The Bertz CT molecular complexity index is 511. The van der Waals surface area contributed by atoms with Gasteiger partial charge in [0.15, 0.2) is 0 Å². The fourth-order valence-corrected chi connectivity index (χ4v) is 2.98. The van der Waals surface area contributed by atoms with Crippen LogP contribution in [-0.2, 0) is 16.0 Å². The number of unbranched alkanes of at least 4 members (excludes halogenated alkanes) is 1. The van der Waals surface area contributed by atoms with Crippen molar-refractivity contribution in [3.63, 3.8) is 0 Å². The van der Waals surface area contributed by atoms with E-state index in [-0.39, 0.29) is 18.0 Å². The molecule has 0 aromatic heterocycles. The van der Waals surface area contributed by atoms with Crippen molar-refractivity contribution in [2.24, 2.45) is 0 Å². The first-order chi connectivity index (χ1) is 11.7. The van der Waals surface area contributed by atoms with Gasteiger partial charge in [-0.25, -0.2) is 4.79 Å². The number of benzene rings is 1. The van der Waals surface area contributed by atoms with Crippen molar-refractivity contribution >= 4 is 12.0 Å². The largest absolute Gasteiger partial charge is 0.450 e. The Balaban J connectivity index is 1.57. The molecule has 1 aliphatic rings. The second kappa shape index (κ2) is 9.96. The molecule has 0 saturated carbocycles. The van der Waals surface area contributed by atoms with Gasteiger partial charge in [-0.3, -0.25) is 4.79 Å². The third-order valence-corrected chi connectivity index (χ3v) is 4.35. The quantitative estimate of drug-likeness (QED) is 0.780. The molecule has 0 aliphatic carbocycles. The number of ether oxygens (including phenoxy) is 1. The summed E-state index contributed by atoms with van der Waals surface area (Å²) in [5, 5.41) is 3.09. The van der Waals surface area contributed by atoms with Gasteiger partial charge in [0.25, 0.3) is 0 Å². The van der Waals surface area contributed by atoms with Crippen LogP contribution >= 0.6 is 0 Å². The van der Waals surface area contributed by atoms with Gasteiger partial charge in [0.05, 0.1) is 6.61 Å². The molecular formula is C19H28N2O3. The second-order valence-electron chi connectivity index (χ2n) is 6.22. The Hall–Kier alpha value is -2.04. The number of nitrogens with zero attached hydrogens (tertiary/aromatic N) is 1. The zero-order valence-corrected chi connectivity index (χ0v) is 14.5. The van der Waals surface area contributed by atoms with Gasteiger partial charge in [-0.1, -0.05) is 30.3 Å². The average molecular weight is 332 g/mol. The fourth-order valence-electron chi connectivity index (χ4n) is 2.98. The summed E-state index contributed by atoms with van der Waals surface area (Å²) in [6, 6.07) is 10.5. The van der Waals surface area contributed by atoms with Gasteiger partial charge < -0.3 is 15.0 Å². The Morgan fingerprint density at radius 1 is 1.17 bits per heavy atom. The molecule has 1 saturated heterocycles. The van der Waals surface area contributed by atoms with Crippen LogP contribution in [0, 0.1) is 0 Å². The van der Waals surface area contributed by atoms with Crippen molar-refractivity contribution in [3.05, 3.63) is 35.9 Å². The van der Waals surface area contributed by atoms with E-state index < -0.39 is 0 Å². The third-order valence-electron chi connectivity index (χ3n) is 4.35. The van der Waals surface area contributed by atoms with Crippen LogP contribution < -0.4 is 5.32 Å². The average Bonchev–Trinajstić information content (AvgIpc) is 2.60. The van der Waals surface area contributed by atoms with E-state index in [4.69, 9.17) is 4.74 Å². The predicted molar refractivity (Wildman–Crippen MR) is 93.8 cm³/mol.